The van der Waals surface area contributed by atoms with Gasteiger partial charge in [-0.05, 0) is 19.1 Å². The number of aliphatic hydroxyl groups excluding tert-OH is 1. The summed E-state index contributed by atoms with van der Waals surface area (Å²) in [5, 5.41) is 39.0. The van der Waals surface area contributed by atoms with Gasteiger partial charge in [-0.1, -0.05) is 29.8 Å². The molecular weight excluding hydrogens is 573 g/mol. The fraction of sp³-hybridized carbons (Fsp3) is 0.400. The number of aromatic nitrogens is 3. The molecule has 7 N–H and O–H groups in total. The fourth-order valence-electron chi connectivity index (χ4n) is 3.98. The molecule has 4 rings (SSSR count). The molecule has 2 aromatic heterocycles. The van der Waals surface area contributed by atoms with Gasteiger partial charge in [-0.2, -0.15) is 5.10 Å². The van der Waals surface area contributed by atoms with Gasteiger partial charge in [0.05, 0.1) is 29.9 Å². The van der Waals surface area contributed by atoms with Crippen LogP contribution in [0.4, 0.5) is 10.1 Å². The van der Waals surface area contributed by atoms with Crippen molar-refractivity contribution in [2.45, 2.75) is 37.2 Å². The summed E-state index contributed by atoms with van der Waals surface area (Å²) < 4.78 is 48.3. The van der Waals surface area contributed by atoms with Crippen molar-refractivity contribution in [3.8, 4) is 0 Å². The maximum Gasteiger partial charge on any atom is 0.340 e. The number of benzene rings is 1. The quantitative estimate of drug-likeness (QED) is 0.106. The normalized spacial score (nSPS) is 23.9. The predicted molar refractivity (Wildman–Crippen MR) is 131 cm³/mol. The van der Waals surface area contributed by atoms with Gasteiger partial charge >= 0.3 is 15.2 Å². The van der Waals surface area contributed by atoms with Crippen LogP contribution in [0.1, 0.15) is 24.8 Å². The molecule has 5 atom stereocenters. The molecule has 0 amide bonds. The summed E-state index contributed by atoms with van der Waals surface area (Å²) in [6.45, 7) is 0.699. The van der Waals surface area contributed by atoms with E-state index in [1.807, 2.05) is 0 Å². The number of anilines is 1. The first-order chi connectivity index (χ1) is 17.6. The first kappa shape index (κ1) is 29.0. The Kier molecular flexibility index (Phi) is 8.03. The van der Waals surface area contributed by atoms with Crippen LogP contribution in [0.3, 0.4) is 0 Å². The van der Waals surface area contributed by atoms with Crippen LogP contribution in [-0.4, -0.2) is 75.3 Å². The average molecular weight is 597 g/mol. The zero-order valence-electron chi connectivity index (χ0n) is 19.5. The second-order valence-corrected chi connectivity index (χ2v) is 13.1. The summed E-state index contributed by atoms with van der Waals surface area (Å²) in [6, 6.07) is 7.12. The van der Waals surface area contributed by atoms with Crippen molar-refractivity contribution < 1.29 is 52.8 Å². The average Bonchev–Trinajstić information content (AvgIpc) is 3.29. The van der Waals surface area contributed by atoms with Crippen LogP contribution in [0.15, 0.2) is 36.5 Å². The Morgan fingerprint density at radius 2 is 1.97 bits per heavy atom. The number of rotatable bonds is 9. The van der Waals surface area contributed by atoms with Crippen molar-refractivity contribution in [3.05, 3.63) is 53.1 Å². The van der Waals surface area contributed by atoms with Crippen LogP contribution < -0.4 is 5.32 Å². The van der Waals surface area contributed by atoms with Crippen molar-refractivity contribution in [3.63, 3.8) is 0 Å². The number of nitrogens with zero attached hydrogens (tertiary/aromatic N) is 3. The summed E-state index contributed by atoms with van der Waals surface area (Å²) in [6.07, 6.45) is -4.18. The van der Waals surface area contributed by atoms with E-state index in [0.717, 1.165) is 4.68 Å². The lowest BCUT2D eigenvalue weighted by atomic mass is 10.1. The lowest BCUT2D eigenvalue weighted by molar-refractivity contribution is -0.234. The molecule has 1 unspecified atom stereocenters. The maximum absolute atomic E-state index is 14.2. The lowest BCUT2D eigenvalue weighted by Gasteiger charge is -2.25. The Balaban J connectivity index is 1.60. The Morgan fingerprint density at radius 1 is 1.29 bits per heavy atom. The van der Waals surface area contributed by atoms with Gasteiger partial charge in [-0.25, -0.2) is 14.1 Å². The van der Waals surface area contributed by atoms with E-state index in [9.17, 15) is 33.7 Å². The Labute approximate surface area is 219 Å². The minimum atomic E-state index is -4.93. The van der Waals surface area contributed by atoms with Crippen molar-refractivity contribution in [1.82, 2.24) is 14.8 Å². The first-order valence-electron chi connectivity index (χ1n) is 10.9. The van der Waals surface area contributed by atoms with Crippen molar-refractivity contribution in [2.75, 3.05) is 17.8 Å². The third kappa shape index (κ3) is 6.09. The molecular formula is C20H24ClFN4O10P2. The Morgan fingerprint density at radius 3 is 2.63 bits per heavy atom. The van der Waals surface area contributed by atoms with Crippen LogP contribution in [-0.2, 0) is 18.4 Å². The molecule has 0 saturated carbocycles. The molecule has 0 bridgehead atoms. The van der Waals surface area contributed by atoms with Gasteiger partial charge in [-0.15, -0.1) is 0 Å². The van der Waals surface area contributed by atoms with Gasteiger partial charge in [0.15, 0.2) is 23.9 Å². The number of halogens is 2. The third-order valence-corrected chi connectivity index (χ3v) is 9.44. The van der Waals surface area contributed by atoms with Gasteiger partial charge in [0.1, 0.15) is 17.1 Å². The lowest BCUT2D eigenvalue weighted by Crippen LogP contribution is -2.49. The van der Waals surface area contributed by atoms with Crippen LogP contribution in [0.5, 0.6) is 0 Å². The molecule has 1 saturated heterocycles. The highest BCUT2D eigenvalue weighted by molar-refractivity contribution is 7.70. The predicted octanol–water partition coefficient (Wildman–Crippen LogP) is 1.67. The summed E-state index contributed by atoms with van der Waals surface area (Å²) in [4.78, 5) is 31.6. The molecule has 3 aromatic rings. The van der Waals surface area contributed by atoms with E-state index >= 15 is 0 Å². The van der Waals surface area contributed by atoms with Crippen LogP contribution in [0.25, 0.3) is 11.0 Å². The minimum Gasteiger partial charge on any atom is -0.383 e. The highest BCUT2D eigenvalue weighted by Crippen LogP contribution is 2.55. The summed E-state index contributed by atoms with van der Waals surface area (Å²) in [5.41, 5.74) is 0.812. The zero-order valence-corrected chi connectivity index (χ0v) is 22.0. The topological polar surface area (TPSA) is 217 Å². The largest absolute Gasteiger partial charge is 0.383 e. The highest BCUT2D eigenvalue weighted by atomic mass is 35.5. The van der Waals surface area contributed by atoms with Gasteiger partial charge in [0.2, 0.25) is 5.79 Å². The number of ether oxygens (including phenoxy) is 1. The van der Waals surface area contributed by atoms with E-state index in [2.05, 4.69) is 19.9 Å². The molecule has 0 spiro atoms. The molecule has 1 aromatic carbocycles. The van der Waals surface area contributed by atoms with Gasteiger partial charge in [0.25, 0.3) is 0 Å². The van der Waals surface area contributed by atoms with E-state index in [1.165, 1.54) is 18.3 Å². The fourth-order valence-corrected chi connectivity index (χ4v) is 6.73. The van der Waals surface area contributed by atoms with Crippen molar-refractivity contribution in [2.24, 2.45) is 0 Å². The highest BCUT2D eigenvalue weighted by Gasteiger charge is 2.56. The minimum absolute atomic E-state index is 0.0206. The molecule has 0 radical (unpaired) electrons. The van der Waals surface area contributed by atoms with Gasteiger partial charge in [-0.3, -0.25) is 9.13 Å². The van der Waals surface area contributed by atoms with E-state index < -0.39 is 63.8 Å². The molecule has 18 heteroatoms. The number of aliphatic hydroxyl groups is 3. The molecule has 14 nitrogen and oxygen atoms in total. The van der Waals surface area contributed by atoms with E-state index in [0.29, 0.717) is 16.6 Å². The smallest absolute Gasteiger partial charge is 0.340 e. The molecule has 1 aliphatic rings. The Bertz CT molecular complexity index is 1440. The van der Waals surface area contributed by atoms with Crippen molar-refractivity contribution >= 4 is 43.5 Å². The van der Waals surface area contributed by atoms with E-state index in [1.54, 1.807) is 25.1 Å². The second kappa shape index (κ2) is 10.5. The van der Waals surface area contributed by atoms with E-state index in [-0.39, 0.29) is 10.8 Å². The molecule has 208 valence electrons. The number of hydrogen-bond donors (Lipinski definition) is 7. The molecule has 1 fully saturated rings. The molecule has 3 heterocycles. The van der Waals surface area contributed by atoms with Gasteiger partial charge < -0.3 is 44.6 Å². The van der Waals surface area contributed by atoms with Crippen LogP contribution in [0.2, 0.25) is 5.15 Å². The van der Waals surface area contributed by atoms with E-state index in [4.69, 9.17) is 26.1 Å². The number of fused-ring (bicyclic) bond motifs is 1. The van der Waals surface area contributed by atoms with Crippen LogP contribution in [0, 0.1) is 5.82 Å². The molecule has 0 aliphatic carbocycles. The maximum atomic E-state index is 14.2. The summed E-state index contributed by atoms with van der Waals surface area (Å²) >= 11 is 6.18. The summed E-state index contributed by atoms with van der Waals surface area (Å²) in [5.74, 6) is -4.95. The van der Waals surface area contributed by atoms with Crippen molar-refractivity contribution in [1.29, 1.82) is 0 Å². The summed E-state index contributed by atoms with van der Waals surface area (Å²) in [7, 11) is -9.78. The van der Waals surface area contributed by atoms with Gasteiger partial charge in [0, 0.05) is 5.56 Å². The number of nitrogens with one attached hydrogen (secondary N) is 1. The third-order valence-electron chi connectivity index (χ3n) is 5.79. The molecule has 38 heavy (non-hydrogen) atoms. The number of hydrogen-bond acceptors (Lipinski definition) is 10. The van der Waals surface area contributed by atoms with Crippen LogP contribution >= 0.6 is 26.8 Å². The standard InChI is InChI=1S/C20H24ClFN4O10P2/c1-10(11-4-2-3-5-13(11)22)24-14-6-16(21)25-18-12(14)7-23-26(18)19-17(27)20(28,29)15(36-19)8-35-38(33,34)9-37(30,31)32/h2-7,10,15,17,19,27-29H,8-9H2,1H3,(H,24,25)(H,33,34)(H2,30,31,32)/t10-,15+,17-,19+/m0/s1. The second-order valence-electron chi connectivity index (χ2n) is 8.69. The monoisotopic (exact) mass is 596 g/mol. The first-order valence-corrected chi connectivity index (χ1v) is 14.9. The Hall–Kier alpha value is -2.00. The molecule has 1 aliphatic heterocycles. The number of pyridine rings is 1. The zero-order chi connectivity index (χ0) is 28.0. The SMILES string of the molecule is C[C@H](Nc1cc(Cl)nc2c1cnn2[C@@H]1O[C@H](COP(=O)(O)CP(=O)(O)O)C(O)(O)[C@H]1O)c1ccccc1F.